The highest BCUT2D eigenvalue weighted by Gasteiger charge is 2.21. The van der Waals surface area contributed by atoms with Crippen molar-refractivity contribution in [2.24, 2.45) is 4.99 Å². The number of nitrogens with zero attached hydrogens (tertiary/aromatic N) is 5. The molecule has 2 aromatic heterocycles. The molecule has 29 heavy (non-hydrogen) atoms. The van der Waals surface area contributed by atoms with Crippen LogP contribution < -0.4 is 15.5 Å². The van der Waals surface area contributed by atoms with Gasteiger partial charge in [0.1, 0.15) is 5.82 Å². The lowest BCUT2D eigenvalue weighted by Gasteiger charge is -2.35. The minimum Gasteiger partial charge on any atom is -0.356 e. The second-order valence-electron chi connectivity index (χ2n) is 6.84. The maximum absolute atomic E-state index is 12.5. The fraction of sp³-hybridized carbons (Fsp3) is 0.500. The number of nitrogens with one attached hydrogen (secondary N) is 2. The number of thiazole rings is 1. The normalized spacial score (nSPS) is 14.8. The number of carbonyl (C=O) groups is 1. The van der Waals surface area contributed by atoms with Gasteiger partial charge in [0.05, 0.1) is 10.7 Å². The summed E-state index contributed by atoms with van der Waals surface area (Å²) in [5, 5.41) is 9.66. The molecule has 8 nitrogen and oxygen atoms in total. The van der Waals surface area contributed by atoms with Gasteiger partial charge in [-0.3, -0.25) is 9.79 Å². The Kier molecular flexibility index (Phi) is 7.80. The molecular weight excluding hydrogens is 386 g/mol. The molecule has 1 aliphatic heterocycles. The van der Waals surface area contributed by atoms with Crippen LogP contribution in [0.3, 0.4) is 0 Å². The van der Waals surface area contributed by atoms with Crippen molar-refractivity contribution in [3.63, 3.8) is 0 Å². The highest BCUT2D eigenvalue weighted by molar-refractivity contribution is 7.09. The van der Waals surface area contributed by atoms with Crippen molar-refractivity contribution in [2.75, 3.05) is 51.2 Å². The van der Waals surface area contributed by atoms with Crippen LogP contribution in [-0.4, -0.2) is 73.1 Å². The van der Waals surface area contributed by atoms with Crippen molar-refractivity contribution in [1.82, 2.24) is 25.5 Å². The zero-order valence-electron chi connectivity index (χ0n) is 17.1. The first-order valence-corrected chi connectivity index (χ1v) is 10.8. The predicted octanol–water partition coefficient (Wildman–Crippen LogP) is 1.29. The van der Waals surface area contributed by atoms with E-state index in [0.29, 0.717) is 18.9 Å². The Hall–Kier alpha value is -2.68. The van der Waals surface area contributed by atoms with E-state index in [4.69, 9.17) is 0 Å². The van der Waals surface area contributed by atoms with Crippen LogP contribution in [-0.2, 0) is 11.2 Å². The number of aryl methyl sites for hydroxylation is 1. The van der Waals surface area contributed by atoms with Gasteiger partial charge >= 0.3 is 0 Å². The second kappa shape index (κ2) is 10.8. The minimum absolute atomic E-state index is 0.173. The molecule has 2 N–H and O–H groups in total. The number of anilines is 1. The zero-order chi connectivity index (χ0) is 20.5. The number of carbonyl (C=O) groups excluding carboxylic acids is 1. The van der Waals surface area contributed by atoms with E-state index in [0.717, 1.165) is 55.7 Å². The average Bonchev–Trinajstić information content (AvgIpc) is 3.18. The van der Waals surface area contributed by atoms with Crippen LogP contribution in [0.4, 0.5) is 5.82 Å². The van der Waals surface area contributed by atoms with Crippen LogP contribution in [0, 0.1) is 6.92 Å². The predicted molar refractivity (Wildman–Crippen MR) is 118 cm³/mol. The van der Waals surface area contributed by atoms with E-state index in [-0.39, 0.29) is 5.91 Å². The Labute approximate surface area is 176 Å². The standard InChI is InChI=1S/C20H29N7OS/c1-16-25-17(15-29-16)6-9-23-20(21-2)24-10-7-19(28)27-13-11-26(12-14-27)18-5-3-4-8-22-18/h3-5,8,15H,6-7,9-14H2,1-2H3,(H2,21,23,24). The SMILES string of the molecule is CN=C(NCCC(=O)N1CCN(c2ccccn2)CC1)NCCc1csc(C)n1. The molecule has 3 heterocycles. The van der Waals surface area contributed by atoms with E-state index in [1.807, 2.05) is 30.0 Å². The summed E-state index contributed by atoms with van der Waals surface area (Å²) in [5.41, 5.74) is 1.09. The van der Waals surface area contributed by atoms with Crippen molar-refractivity contribution < 1.29 is 4.79 Å². The molecule has 0 aromatic carbocycles. The number of hydrogen-bond donors (Lipinski definition) is 2. The third kappa shape index (κ3) is 6.42. The molecule has 2 aromatic rings. The second-order valence-corrected chi connectivity index (χ2v) is 7.90. The fourth-order valence-electron chi connectivity index (χ4n) is 3.22. The fourth-order valence-corrected chi connectivity index (χ4v) is 3.87. The van der Waals surface area contributed by atoms with Gasteiger partial charge < -0.3 is 20.4 Å². The van der Waals surface area contributed by atoms with Crippen LogP contribution in [0.25, 0.3) is 0 Å². The summed E-state index contributed by atoms with van der Waals surface area (Å²) >= 11 is 1.66. The molecule has 3 rings (SSSR count). The topological polar surface area (TPSA) is 85.8 Å². The van der Waals surface area contributed by atoms with Crippen LogP contribution in [0.5, 0.6) is 0 Å². The smallest absolute Gasteiger partial charge is 0.224 e. The Morgan fingerprint density at radius 3 is 2.66 bits per heavy atom. The first-order chi connectivity index (χ1) is 14.2. The maximum atomic E-state index is 12.5. The van der Waals surface area contributed by atoms with E-state index in [9.17, 15) is 4.79 Å². The summed E-state index contributed by atoms with van der Waals surface area (Å²) in [6.45, 7) is 6.43. The lowest BCUT2D eigenvalue weighted by molar-refractivity contribution is -0.131. The van der Waals surface area contributed by atoms with Gasteiger partial charge in [0.2, 0.25) is 5.91 Å². The van der Waals surface area contributed by atoms with Crippen molar-refractivity contribution >= 4 is 29.0 Å². The summed E-state index contributed by atoms with van der Waals surface area (Å²) in [7, 11) is 1.74. The van der Waals surface area contributed by atoms with Gasteiger partial charge in [0.25, 0.3) is 0 Å². The number of aromatic nitrogens is 2. The van der Waals surface area contributed by atoms with Gasteiger partial charge in [-0.1, -0.05) is 6.07 Å². The van der Waals surface area contributed by atoms with Gasteiger partial charge in [0, 0.05) is 70.7 Å². The van der Waals surface area contributed by atoms with Gasteiger partial charge in [-0.05, 0) is 19.1 Å². The summed E-state index contributed by atoms with van der Waals surface area (Å²) in [6, 6.07) is 5.92. The average molecular weight is 416 g/mol. The Bertz CT molecular complexity index is 800. The number of hydrogen-bond acceptors (Lipinski definition) is 6. The summed E-state index contributed by atoms with van der Waals surface area (Å²) < 4.78 is 0. The molecule has 156 valence electrons. The minimum atomic E-state index is 0.173. The van der Waals surface area contributed by atoms with Crippen molar-refractivity contribution in [1.29, 1.82) is 0 Å². The van der Waals surface area contributed by atoms with Gasteiger partial charge in [-0.25, -0.2) is 9.97 Å². The Morgan fingerprint density at radius 1 is 1.21 bits per heavy atom. The summed E-state index contributed by atoms with van der Waals surface area (Å²) in [4.78, 5) is 29.7. The van der Waals surface area contributed by atoms with E-state index in [1.54, 1.807) is 24.6 Å². The molecule has 1 saturated heterocycles. The molecule has 0 spiro atoms. The van der Waals surface area contributed by atoms with Gasteiger partial charge in [-0.2, -0.15) is 0 Å². The quantitative estimate of drug-likeness (QED) is 0.524. The maximum Gasteiger partial charge on any atom is 0.224 e. The third-order valence-electron chi connectivity index (χ3n) is 4.80. The van der Waals surface area contributed by atoms with Gasteiger partial charge in [-0.15, -0.1) is 11.3 Å². The molecule has 1 fully saturated rings. The van der Waals surface area contributed by atoms with E-state index >= 15 is 0 Å². The van der Waals surface area contributed by atoms with E-state index in [1.165, 1.54) is 0 Å². The lowest BCUT2D eigenvalue weighted by atomic mass is 10.2. The van der Waals surface area contributed by atoms with E-state index < -0.39 is 0 Å². The molecule has 0 radical (unpaired) electrons. The number of pyridine rings is 1. The molecule has 1 amide bonds. The first kappa shape index (κ1) is 21.0. The molecule has 0 unspecified atom stereocenters. The molecule has 0 bridgehead atoms. The van der Waals surface area contributed by atoms with Crippen LogP contribution in [0.2, 0.25) is 0 Å². The molecular formula is C20H29N7OS. The molecule has 0 atom stereocenters. The number of piperazine rings is 1. The molecule has 1 aliphatic rings. The third-order valence-corrected chi connectivity index (χ3v) is 5.62. The van der Waals surface area contributed by atoms with Crippen LogP contribution >= 0.6 is 11.3 Å². The Balaban J connectivity index is 1.32. The first-order valence-electron chi connectivity index (χ1n) is 9.95. The molecule has 9 heteroatoms. The van der Waals surface area contributed by atoms with Crippen molar-refractivity contribution in [3.05, 3.63) is 40.5 Å². The largest absolute Gasteiger partial charge is 0.356 e. The van der Waals surface area contributed by atoms with Crippen LogP contribution in [0.15, 0.2) is 34.8 Å². The van der Waals surface area contributed by atoms with Crippen molar-refractivity contribution in [2.45, 2.75) is 19.8 Å². The molecule has 0 aliphatic carbocycles. The molecule has 0 saturated carbocycles. The van der Waals surface area contributed by atoms with Crippen LogP contribution in [0.1, 0.15) is 17.1 Å². The zero-order valence-corrected chi connectivity index (χ0v) is 17.9. The van der Waals surface area contributed by atoms with E-state index in [2.05, 4.69) is 35.9 Å². The van der Waals surface area contributed by atoms with Crippen molar-refractivity contribution in [3.8, 4) is 0 Å². The highest BCUT2D eigenvalue weighted by atomic mass is 32.1. The highest BCUT2D eigenvalue weighted by Crippen LogP contribution is 2.13. The Morgan fingerprint density at radius 2 is 2.00 bits per heavy atom. The monoisotopic (exact) mass is 415 g/mol. The lowest BCUT2D eigenvalue weighted by Crippen LogP contribution is -2.49. The number of guanidine groups is 1. The van der Waals surface area contributed by atoms with Gasteiger partial charge in [0.15, 0.2) is 5.96 Å². The number of aliphatic imine (C=N–C) groups is 1. The number of rotatable bonds is 7. The summed E-state index contributed by atoms with van der Waals surface area (Å²) in [5.74, 6) is 1.86. The summed E-state index contributed by atoms with van der Waals surface area (Å²) in [6.07, 6.45) is 3.11. The number of amides is 1.